The van der Waals surface area contributed by atoms with E-state index in [1.165, 1.54) is 21.8 Å². The highest BCUT2D eigenvalue weighted by Gasteiger charge is 2.20. The SMILES string of the molecule is C#C/C=C\c1c(C)n(CC)c2c1=CC(C)(N)CC=2. The summed E-state index contributed by atoms with van der Waals surface area (Å²) in [6.45, 7) is 7.31. The van der Waals surface area contributed by atoms with Crippen LogP contribution in [0.2, 0.25) is 0 Å². The molecule has 0 saturated heterocycles. The zero-order valence-corrected chi connectivity index (χ0v) is 11.3. The standard InChI is InChI=1S/C16H20N2/c1-5-7-8-13-12(3)18(6-2)15-9-10-16(4,17)11-14(13)15/h1,7-9,11H,6,10,17H2,2-4H3/b8-7-. The fourth-order valence-electron chi connectivity index (χ4n) is 2.63. The van der Waals surface area contributed by atoms with Crippen molar-refractivity contribution in [3.05, 3.63) is 27.9 Å². The summed E-state index contributed by atoms with van der Waals surface area (Å²) < 4.78 is 2.32. The van der Waals surface area contributed by atoms with Crippen molar-refractivity contribution >= 4 is 18.2 Å². The molecule has 0 amide bonds. The van der Waals surface area contributed by atoms with Crippen LogP contribution in [0.25, 0.3) is 18.2 Å². The minimum atomic E-state index is -0.266. The molecule has 2 nitrogen and oxygen atoms in total. The van der Waals surface area contributed by atoms with Crippen LogP contribution in [0, 0.1) is 19.3 Å². The van der Waals surface area contributed by atoms with Crippen LogP contribution in [0.5, 0.6) is 0 Å². The maximum atomic E-state index is 6.23. The highest BCUT2D eigenvalue weighted by Crippen LogP contribution is 2.13. The summed E-state index contributed by atoms with van der Waals surface area (Å²) in [7, 11) is 0. The molecule has 2 heteroatoms. The molecule has 0 aliphatic heterocycles. The lowest BCUT2D eigenvalue weighted by Gasteiger charge is -2.20. The van der Waals surface area contributed by atoms with Gasteiger partial charge in [0.1, 0.15) is 0 Å². The van der Waals surface area contributed by atoms with Crippen molar-refractivity contribution in [2.45, 2.75) is 39.3 Å². The molecule has 1 aliphatic rings. The molecule has 1 atom stereocenters. The van der Waals surface area contributed by atoms with Crippen LogP contribution in [0.4, 0.5) is 0 Å². The van der Waals surface area contributed by atoms with Crippen molar-refractivity contribution < 1.29 is 0 Å². The van der Waals surface area contributed by atoms with Crippen molar-refractivity contribution in [1.29, 1.82) is 0 Å². The number of hydrogen-bond donors (Lipinski definition) is 1. The van der Waals surface area contributed by atoms with E-state index >= 15 is 0 Å². The van der Waals surface area contributed by atoms with E-state index in [0.29, 0.717) is 0 Å². The third-order valence-electron chi connectivity index (χ3n) is 3.52. The lowest BCUT2D eigenvalue weighted by atomic mass is 9.93. The summed E-state index contributed by atoms with van der Waals surface area (Å²) in [5, 5.41) is 2.49. The van der Waals surface area contributed by atoms with E-state index in [-0.39, 0.29) is 5.54 Å². The van der Waals surface area contributed by atoms with Gasteiger partial charge in [0.15, 0.2) is 0 Å². The second-order valence-electron chi connectivity index (χ2n) is 5.10. The lowest BCUT2D eigenvalue weighted by molar-refractivity contribution is 0.631. The van der Waals surface area contributed by atoms with Crippen molar-refractivity contribution in [3.63, 3.8) is 0 Å². The number of terminal acetylenes is 1. The van der Waals surface area contributed by atoms with Crippen LogP contribution >= 0.6 is 0 Å². The highest BCUT2D eigenvalue weighted by atomic mass is 15.0. The first-order chi connectivity index (χ1) is 8.50. The molecule has 1 heterocycles. The number of nitrogens with two attached hydrogens (primary N) is 1. The minimum Gasteiger partial charge on any atom is -0.345 e. The fraction of sp³-hybridized carbons (Fsp3) is 0.375. The number of rotatable bonds is 2. The van der Waals surface area contributed by atoms with Crippen LogP contribution in [0.1, 0.15) is 31.5 Å². The Morgan fingerprint density at radius 2 is 2.33 bits per heavy atom. The molecule has 1 aromatic heterocycles. The van der Waals surface area contributed by atoms with Crippen LogP contribution in [-0.4, -0.2) is 10.1 Å². The summed E-state index contributed by atoms with van der Waals surface area (Å²) in [5.41, 5.74) is 8.41. The molecule has 0 bridgehead atoms. The average Bonchev–Trinajstić information content (AvgIpc) is 2.56. The summed E-state index contributed by atoms with van der Waals surface area (Å²) in [6.07, 6.45) is 14.3. The van der Waals surface area contributed by atoms with Gasteiger partial charge in [-0.25, -0.2) is 0 Å². The van der Waals surface area contributed by atoms with Crippen molar-refractivity contribution in [2.24, 2.45) is 5.73 Å². The molecule has 0 fully saturated rings. The van der Waals surface area contributed by atoms with Crippen LogP contribution in [-0.2, 0) is 6.54 Å². The quantitative estimate of drug-likeness (QED) is 0.772. The van der Waals surface area contributed by atoms with Crippen molar-refractivity contribution in [1.82, 2.24) is 4.57 Å². The summed E-state index contributed by atoms with van der Waals surface area (Å²) in [6, 6.07) is 0. The van der Waals surface area contributed by atoms with Gasteiger partial charge in [0, 0.05) is 33.9 Å². The number of fused-ring (bicyclic) bond motifs is 1. The largest absolute Gasteiger partial charge is 0.345 e. The average molecular weight is 240 g/mol. The Kier molecular flexibility index (Phi) is 3.19. The molecule has 1 unspecified atom stereocenters. The van der Waals surface area contributed by atoms with Crippen molar-refractivity contribution in [2.75, 3.05) is 0 Å². The van der Waals surface area contributed by atoms with Gasteiger partial charge in [-0.15, -0.1) is 6.42 Å². The van der Waals surface area contributed by atoms with E-state index in [9.17, 15) is 0 Å². The Bertz CT molecular complexity index is 649. The second-order valence-corrected chi connectivity index (χ2v) is 5.10. The molecule has 0 saturated carbocycles. The van der Waals surface area contributed by atoms with E-state index in [1.807, 2.05) is 6.08 Å². The van der Waals surface area contributed by atoms with E-state index in [2.05, 4.69) is 43.4 Å². The summed E-state index contributed by atoms with van der Waals surface area (Å²) >= 11 is 0. The molecule has 2 rings (SSSR count). The third kappa shape index (κ3) is 2.02. The fourth-order valence-corrected chi connectivity index (χ4v) is 2.63. The van der Waals surface area contributed by atoms with E-state index in [4.69, 9.17) is 12.2 Å². The summed E-state index contributed by atoms with van der Waals surface area (Å²) in [4.78, 5) is 0. The Hall–Kier alpha value is -1.72. The number of aromatic nitrogens is 1. The number of nitrogens with zero attached hydrogens (tertiary/aromatic N) is 1. The van der Waals surface area contributed by atoms with Crippen molar-refractivity contribution in [3.8, 4) is 12.3 Å². The lowest BCUT2D eigenvalue weighted by Crippen LogP contribution is -2.43. The highest BCUT2D eigenvalue weighted by molar-refractivity contribution is 5.61. The van der Waals surface area contributed by atoms with Crippen LogP contribution in [0.15, 0.2) is 6.08 Å². The first kappa shape index (κ1) is 12.7. The minimum absolute atomic E-state index is 0.266. The molecule has 18 heavy (non-hydrogen) atoms. The molecule has 1 aliphatic carbocycles. The molecular weight excluding hydrogens is 220 g/mol. The zero-order chi connectivity index (χ0) is 13.3. The molecular formula is C16H20N2. The number of hydrogen-bond acceptors (Lipinski definition) is 1. The first-order valence-corrected chi connectivity index (χ1v) is 6.34. The number of allylic oxidation sites excluding steroid dienone is 1. The zero-order valence-electron chi connectivity index (χ0n) is 11.3. The van der Waals surface area contributed by atoms with Gasteiger partial charge in [-0.2, -0.15) is 0 Å². The van der Waals surface area contributed by atoms with E-state index in [1.54, 1.807) is 6.08 Å². The van der Waals surface area contributed by atoms with Gasteiger partial charge in [-0.3, -0.25) is 0 Å². The normalized spacial score (nSPS) is 22.2. The monoisotopic (exact) mass is 240 g/mol. The van der Waals surface area contributed by atoms with Gasteiger partial charge in [-0.05, 0) is 39.3 Å². The maximum Gasteiger partial charge on any atom is 0.0446 e. The maximum absolute atomic E-state index is 6.23. The van der Waals surface area contributed by atoms with Gasteiger partial charge in [-0.1, -0.05) is 18.1 Å². The van der Waals surface area contributed by atoms with E-state index < -0.39 is 0 Å². The predicted molar refractivity (Wildman–Crippen MR) is 78.1 cm³/mol. The van der Waals surface area contributed by atoms with Gasteiger partial charge in [0.05, 0.1) is 0 Å². The third-order valence-corrected chi connectivity index (χ3v) is 3.52. The first-order valence-electron chi connectivity index (χ1n) is 6.34. The van der Waals surface area contributed by atoms with Gasteiger partial charge in [0.2, 0.25) is 0 Å². The summed E-state index contributed by atoms with van der Waals surface area (Å²) in [5.74, 6) is 2.55. The van der Waals surface area contributed by atoms with E-state index in [0.717, 1.165) is 13.0 Å². The smallest absolute Gasteiger partial charge is 0.0446 e. The Balaban J connectivity index is 2.82. The molecule has 94 valence electrons. The van der Waals surface area contributed by atoms with Gasteiger partial charge in [0.25, 0.3) is 0 Å². The molecule has 0 radical (unpaired) electrons. The van der Waals surface area contributed by atoms with Crippen LogP contribution in [0.3, 0.4) is 0 Å². The second kappa shape index (κ2) is 4.51. The predicted octanol–water partition coefficient (Wildman–Crippen LogP) is 1.14. The Morgan fingerprint density at radius 1 is 1.61 bits per heavy atom. The Labute approximate surface area is 108 Å². The molecule has 0 spiro atoms. The molecule has 1 aromatic rings. The topological polar surface area (TPSA) is 30.9 Å². The Morgan fingerprint density at radius 3 is 2.94 bits per heavy atom. The van der Waals surface area contributed by atoms with Gasteiger partial charge < -0.3 is 10.3 Å². The molecule has 2 N–H and O–H groups in total. The van der Waals surface area contributed by atoms with Crippen LogP contribution < -0.4 is 16.3 Å². The van der Waals surface area contributed by atoms with Gasteiger partial charge >= 0.3 is 0 Å². The molecule has 0 aromatic carbocycles.